The van der Waals surface area contributed by atoms with Crippen LogP contribution in [-0.2, 0) is 0 Å². The van der Waals surface area contributed by atoms with Gasteiger partial charge in [0.05, 0.1) is 5.39 Å². The predicted molar refractivity (Wildman–Crippen MR) is 94.1 cm³/mol. The van der Waals surface area contributed by atoms with Crippen molar-refractivity contribution in [2.45, 2.75) is 19.8 Å². The van der Waals surface area contributed by atoms with Crippen molar-refractivity contribution in [3.05, 3.63) is 40.1 Å². The molecule has 1 fully saturated rings. The maximum Gasteiger partial charge on any atom is 0.262 e. The molecule has 0 bridgehead atoms. The molecule has 6 heteroatoms. The maximum absolute atomic E-state index is 12.7. The third-order valence-corrected chi connectivity index (χ3v) is 5.37. The topological polar surface area (TPSA) is 61.9 Å². The molecule has 0 unspecified atom stereocenters. The lowest BCUT2D eigenvalue weighted by Gasteiger charge is -2.30. The van der Waals surface area contributed by atoms with E-state index in [0.717, 1.165) is 42.3 Å². The Morgan fingerprint density at radius 1 is 1.30 bits per heavy atom. The Morgan fingerprint density at radius 2 is 2.13 bits per heavy atom. The van der Waals surface area contributed by atoms with E-state index in [1.807, 2.05) is 23.6 Å². The summed E-state index contributed by atoms with van der Waals surface area (Å²) in [4.78, 5) is 27.8. The summed E-state index contributed by atoms with van der Waals surface area (Å²) >= 11 is 1.61. The van der Waals surface area contributed by atoms with Crippen molar-refractivity contribution in [1.29, 1.82) is 0 Å². The summed E-state index contributed by atoms with van der Waals surface area (Å²) in [5.74, 6) is 1.38. The van der Waals surface area contributed by atoms with E-state index in [2.05, 4.69) is 26.8 Å². The van der Waals surface area contributed by atoms with Crippen molar-refractivity contribution >= 4 is 28.3 Å². The number of nitrogens with one attached hydrogen (secondary N) is 1. The molecule has 0 aliphatic carbocycles. The first kappa shape index (κ1) is 14.4. The van der Waals surface area contributed by atoms with Gasteiger partial charge in [0.1, 0.15) is 0 Å². The first-order valence-electron chi connectivity index (χ1n) is 7.90. The second-order valence-electron chi connectivity index (χ2n) is 6.09. The van der Waals surface area contributed by atoms with Gasteiger partial charge >= 0.3 is 0 Å². The van der Waals surface area contributed by atoms with Crippen LogP contribution in [0.2, 0.25) is 0 Å². The first-order valence-corrected chi connectivity index (χ1v) is 8.78. The van der Waals surface area contributed by atoms with Crippen LogP contribution in [0.25, 0.3) is 21.5 Å². The third-order valence-electron chi connectivity index (χ3n) is 4.46. The number of aromatic nitrogens is 3. The second-order valence-corrected chi connectivity index (χ2v) is 7.04. The van der Waals surface area contributed by atoms with Gasteiger partial charge in [0, 0.05) is 29.7 Å². The van der Waals surface area contributed by atoms with E-state index in [0.29, 0.717) is 17.0 Å². The molecule has 118 valence electrons. The molecule has 1 N–H and O–H groups in total. The molecule has 23 heavy (non-hydrogen) atoms. The Hall–Kier alpha value is -2.21. The van der Waals surface area contributed by atoms with E-state index in [1.165, 1.54) is 0 Å². The highest BCUT2D eigenvalue weighted by Crippen LogP contribution is 2.29. The summed E-state index contributed by atoms with van der Waals surface area (Å²) in [7, 11) is 0. The van der Waals surface area contributed by atoms with Crippen LogP contribution >= 0.6 is 11.3 Å². The maximum atomic E-state index is 12.7. The molecule has 1 aliphatic heterocycles. The van der Waals surface area contributed by atoms with Crippen LogP contribution in [0.5, 0.6) is 0 Å². The Kier molecular flexibility index (Phi) is 3.61. The Labute approximate surface area is 138 Å². The fourth-order valence-electron chi connectivity index (χ4n) is 3.06. The van der Waals surface area contributed by atoms with Gasteiger partial charge in [-0.15, -0.1) is 11.3 Å². The summed E-state index contributed by atoms with van der Waals surface area (Å²) in [5.41, 5.74) is 1.31. The minimum absolute atomic E-state index is 0.111. The lowest BCUT2D eigenvalue weighted by molar-refractivity contribution is 0.434. The molecule has 0 amide bonds. The van der Waals surface area contributed by atoms with Crippen molar-refractivity contribution in [1.82, 2.24) is 15.0 Å². The molecule has 3 aromatic rings. The van der Waals surface area contributed by atoms with Crippen molar-refractivity contribution in [2.24, 2.45) is 5.92 Å². The van der Waals surface area contributed by atoms with Gasteiger partial charge in [0.25, 0.3) is 5.56 Å². The summed E-state index contributed by atoms with van der Waals surface area (Å²) in [6.45, 7) is 4.13. The van der Waals surface area contributed by atoms with Crippen LogP contribution < -0.4 is 10.5 Å². The molecular formula is C17H18N4OS. The highest BCUT2D eigenvalue weighted by Gasteiger charge is 2.19. The van der Waals surface area contributed by atoms with Gasteiger partial charge in [0.15, 0.2) is 5.65 Å². The molecule has 0 spiro atoms. The average molecular weight is 326 g/mol. The zero-order chi connectivity index (χ0) is 15.8. The van der Waals surface area contributed by atoms with E-state index >= 15 is 0 Å². The average Bonchev–Trinajstić information content (AvgIpc) is 3.09. The highest BCUT2D eigenvalue weighted by atomic mass is 32.1. The SMILES string of the molecule is CC1CCN(c2nc3nccc(-c4cccs4)c3c(=O)[nH]2)CC1. The molecule has 5 nitrogen and oxygen atoms in total. The lowest BCUT2D eigenvalue weighted by atomic mass is 10.00. The van der Waals surface area contributed by atoms with E-state index in [1.54, 1.807) is 17.5 Å². The fourth-order valence-corrected chi connectivity index (χ4v) is 3.82. The zero-order valence-electron chi connectivity index (χ0n) is 13.0. The minimum Gasteiger partial charge on any atom is -0.342 e. The first-order chi connectivity index (χ1) is 11.2. The van der Waals surface area contributed by atoms with Crippen molar-refractivity contribution in [2.75, 3.05) is 18.0 Å². The van der Waals surface area contributed by atoms with Gasteiger partial charge in [-0.1, -0.05) is 13.0 Å². The Morgan fingerprint density at radius 3 is 2.87 bits per heavy atom. The van der Waals surface area contributed by atoms with E-state index in [4.69, 9.17) is 0 Å². The number of fused-ring (bicyclic) bond motifs is 1. The van der Waals surface area contributed by atoms with E-state index in [-0.39, 0.29) is 5.56 Å². The van der Waals surface area contributed by atoms with Crippen molar-refractivity contribution in [3.8, 4) is 10.4 Å². The van der Waals surface area contributed by atoms with Crippen LogP contribution in [0.15, 0.2) is 34.6 Å². The molecule has 3 aromatic heterocycles. The number of hydrogen-bond donors (Lipinski definition) is 1. The molecule has 0 radical (unpaired) electrons. The lowest BCUT2D eigenvalue weighted by Crippen LogP contribution is -2.35. The van der Waals surface area contributed by atoms with Crippen LogP contribution in [0.3, 0.4) is 0 Å². The largest absolute Gasteiger partial charge is 0.342 e. The summed E-state index contributed by atoms with van der Waals surface area (Å²) in [6.07, 6.45) is 3.99. The van der Waals surface area contributed by atoms with Gasteiger partial charge in [-0.05, 0) is 36.3 Å². The van der Waals surface area contributed by atoms with E-state index in [9.17, 15) is 4.79 Å². The zero-order valence-corrected chi connectivity index (χ0v) is 13.8. The van der Waals surface area contributed by atoms with Crippen LogP contribution in [0.4, 0.5) is 5.95 Å². The molecule has 0 aromatic carbocycles. The molecule has 1 saturated heterocycles. The molecular weight excluding hydrogens is 308 g/mol. The van der Waals surface area contributed by atoms with Gasteiger partial charge in [-0.25, -0.2) is 4.98 Å². The number of hydrogen-bond acceptors (Lipinski definition) is 5. The number of aromatic amines is 1. The van der Waals surface area contributed by atoms with Crippen LogP contribution in [0.1, 0.15) is 19.8 Å². The van der Waals surface area contributed by atoms with Gasteiger partial charge in [0.2, 0.25) is 5.95 Å². The molecule has 0 atom stereocenters. The number of thiophene rings is 1. The summed E-state index contributed by atoms with van der Waals surface area (Å²) in [5, 5.41) is 2.58. The second kappa shape index (κ2) is 5.77. The molecule has 0 saturated carbocycles. The number of anilines is 1. The molecule has 1 aliphatic rings. The number of piperidine rings is 1. The predicted octanol–water partition coefficient (Wildman–Crippen LogP) is 3.28. The van der Waals surface area contributed by atoms with E-state index < -0.39 is 0 Å². The quantitative estimate of drug-likeness (QED) is 0.785. The van der Waals surface area contributed by atoms with Crippen LogP contribution in [-0.4, -0.2) is 28.0 Å². The number of pyridine rings is 1. The summed E-state index contributed by atoms with van der Waals surface area (Å²) < 4.78 is 0. The van der Waals surface area contributed by atoms with Gasteiger partial charge in [-0.3, -0.25) is 9.78 Å². The normalized spacial score (nSPS) is 16.1. The number of nitrogens with zero attached hydrogens (tertiary/aromatic N) is 3. The van der Waals surface area contributed by atoms with Gasteiger partial charge in [-0.2, -0.15) is 4.98 Å². The standard InChI is InChI=1S/C17H18N4OS/c1-11-5-8-21(9-6-11)17-19-15-14(16(22)20-17)12(4-7-18-15)13-3-2-10-23-13/h2-4,7,10-11H,5-6,8-9H2,1H3,(H,18,19,20,22). The van der Waals surface area contributed by atoms with Crippen molar-refractivity contribution in [3.63, 3.8) is 0 Å². The molecule has 4 rings (SSSR count). The fraction of sp³-hybridized carbons (Fsp3) is 0.353. The molecule has 4 heterocycles. The third kappa shape index (κ3) is 2.63. The van der Waals surface area contributed by atoms with Crippen molar-refractivity contribution < 1.29 is 0 Å². The number of H-pyrrole nitrogens is 1. The van der Waals surface area contributed by atoms with Crippen LogP contribution in [0, 0.1) is 5.92 Å². The smallest absolute Gasteiger partial charge is 0.262 e. The van der Waals surface area contributed by atoms with Gasteiger partial charge < -0.3 is 4.90 Å². The minimum atomic E-state index is -0.111. The Bertz CT molecular complexity index is 879. The highest BCUT2D eigenvalue weighted by molar-refractivity contribution is 7.13. The summed E-state index contributed by atoms with van der Waals surface area (Å²) in [6, 6.07) is 5.88. The Balaban J connectivity index is 1.82. The monoisotopic (exact) mass is 326 g/mol. The number of rotatable bonds is 2.